The number of nitrogens with one attached hydrogen (secondary N) is 1. The highest BCUT2D eigenvalue weighted by Crippen LogP contribution is 2.12. The summed E-state index contributed by atoms with van der Waals surface area (Å²) in [7, 11) is 1.22. The number of carbonyl (C=O) groups excluding carboxylic acids is 3. The molecule has 0 aromatic rings. The molecule has 1 N–H and O–H groups in total. The Morgan fingerprint density at radius 2 is 1.76 bits per heavy atom. The molecule has 0 rings (SSSR count). The molecule has 0 radical (unpaired) electrons. The molecule has 1 unspecified atom stereocenters. The average Bonchev–Trinajstić information content (AvgIpc) is 2.38. The van der Waals surface area contributed by atoms with Crippen molar-refractivity contribution in [2.75, 3.05) is 7.11 Å². The number of esters is 1. The zero-order valence-electron chi connectivity index (χ0n) is 13.6. The lowest BCUT2D eigenvalue weighted by Gasteiger charge is -2.25. The van der Waals surface area contributed by atoms with Gasteiger partial charge in [-0.1, -0.05) is 20.3 Å². The molecule has 0 aliphatic heterocycles. The van der Waals surface area contributed by atoms with Gasteiger partial charge in [0.05, 0.1) is 13.2 Å². The van der Waals surface area contributed by atoms with Crippen LogP contribution in [-0.2, 0) is 19.1 Å². The Labute approximate surface area is 125 Å². The van der Waals surface area contributed by atoms with Crippen LogP contribution in [0.3, 0.4) is 0 Å². The smallest absolute Gasteiger partial charge is 0.408 e. The number of carbonyl (C=O) groups is 3. The Hall–Kier alpha value is -1.85. The number of hydrogen-bond acceptors (Lipinski definition) is 5. The SMILES string of the molecule is CCC(C)[C@H](NC(=O)OC(C)(C)C)C(=O)/C=C/C(=O)OC. The highest BCUT2D eigenvalue weighted by molar-refractivity contribution is 6.00. The van der Waals surface area contributed by atoms with Crippen molar-refractivity contribution in [2.24, 2.45) is 5.92 Å². The van der Waals surface area contributed by atoms with E-state index >= 15 is 0 Å². The first-order chi connectivity index (χ1) is 9.60. The maximum atomic E-state index is 12.1. The van der Waals surface area contributed by atoms with Crippen LogP contribution in [0, 0.1) is 5.92 Å². The van der Waals surface area contributed by atoms with Crippen molar-refractivity contribution >= 4 is 17.8 Å². The van der Waals surface area contributed by atoms with Gasteiger partial charge in [-0.25, -0.2) is 9.59 Å². The van der Waals surface area contributed by atoms with Gasteiger partial charge in [0, 0.05) is 6.08 Å². The third-order valence-electron chi connectivity index (χ3n) is 2.78. The molecular formula is C15H25NO5. The van der Waals surface area contributed by atoms with Gasteiger partial charge in [-0.15, -0.1) is 0 Å². The molecule has 0 fully saturated rings. The first-order valence-corrected chi connectivity index (χ1v) is 6.90. The predicted octanol–water partition coefficient (Wildman–Crippen LogP) is 2.22. The predicted molar refractivity (Wildman–Crippen MR) is 78.8 cm³/mol. The Morgan fingerprint density at radius 3 is 2.19 bits per heavy atom. The number of hydrogen-bond donors (Lipinski definition) is 1. The van der Waals surface area contributed by atoms with Gasteiger partial charge in [0.2, 0.25) is 0 Å². The van der Waals surface area contributed by atoms with Gasteiger partial charge in [-0.05, 0) is 32.8 Å². The van der Waals surface area contributed by atoms with E-state index in [2.05, 4.69) is 10.1 Å². The van der Waals surface area contributed by atoms with Gasteiger partial charge in [-0.2, -0.15) is 0 Å². The molecule has 0 saturated heterocycles. The van der Waals surface area contributed by atoms with Crippen molar-refractivity contribution in [3.8, 4) is 0 Å². The third-order valence-corrected chi connectivity index (χ3v) is 2.78. The van der Waals surface area contributed by atoms with E-state index in [-0.39, 0.29) is 11.7 Å². The lowest BCUT2D eigenvalue weighted by Crippen LogP contribution is -2.46. The van der Waals surface area contributed by atoms with Gasteiger partial charge in [-0.3, -0.25) is 4.79 Å². The molecule has 0 heterocycles. The summed E-state index contributed by atoms with van der Waals surface area (Å²) in [4.78, 5) is 34.9. The molecule has 2 atom stereocenters. The second kappa shape index (κ2) is 8.44. The van der Waals surface area contributed by atoms with Crippen LogP contribution < -0.4 is 5.32 Å². The second-order valence-electron chi connectivity index (χ2n) is 5.77. The number of ether oxygens (including phenoxy) is 2. The molecule has 0 aromatic heterocycles. The molecule has 1 amide bonds. The van der Waals surface area contributed by atoms with Crippen LogP contribution in [0.25, 0.3) is 0 Å². The molecule has 120 valence electrons. The minimum atomic E-state index is -0.745. The van der Waals surface area contributed by atoms with E-state index < -0.39 is 23.7 Å². The maximum absolute atomic E-state index is 12.1. The zero-order valence-corrected chi connectivity index (χ0v) is 13.6. The number of methoxy groups -OCH3 is 1. The van der Waals surface area contributed by atoms with Crippen molar-refractivity contribution in [3.63, 3.8) is 0 Å². The van der Waals surface area contributed by atoms with Crippen molar-refractivity contribution in [1.82, 2.24) is 5.32 Å². The Kier molecular flexibility index (Phi) is 7.70. The highest BCUT2D eigenvalue weighted by Gasteiger charge is 2.26. The molecule has 0 aliphatic carbocycles. The van der Waals surface area contributed by atoms with Crippen LogP contribution in [0.1, 0.15) is 41.0 Å². The summed E-state index contributed by atoms with van der Waals surface area (Å²) in [6.45, 7) is 8.97. The molecule has 6 heteroatoms. The van der Waals surface area contributed by atoms with Crippen LogP contribution in [0.4, 0.5) is 4.79 Å². The van der Waals surface area contributed by atoms with Gasteiger partial charge in [0.1, 0.15) is 5.60 Å². The van der Waals surface area contributed by atoms with Crippen LogP contribution >= 0.6 is 0 Å². The standard InChI is InChI=1S/C15H25NO5/c1-7-10(2)13(11(17)8-9-12(18)20-6)16-14(19)21-15(3,4)5/h8-10,13H,7H2,1-6H3,(H,16,19)/b9-8+/t10?,13-/m0/s1. The van der Waals surface area contributed by atoms with Gasteiger partial charge >= 0.3 is 12.1 Å². The average molecular weight is 299 g/mol. The number of alkyl carbamates (subject to hydrolysis) is 1. The summed E-state index contributed by atoms with van der Waals surface area (Å²) >= 11 is 0. The van der Waals surface area contributed by atoms with E-state index in [1.54, 1.807) is 20.8 Å². The third kappa shape index (κ3) is 8.12. The topological polar surface area (TPSA) is 81.7 Å². The number of rotatable bonds is 6. The van der Waals surface area contributed by atoms with Crippen molar-refractivity contribution in [2.45, 2.75) is 52.7 Å². The van der Waals surface area contributed by atoms with Crippen molar-refractivity contribution in [1.29, 1.82) is 0 Å². The summed E-state index contributed by atoms with van der Waals surface area (Å²) in [5.74, 6) is -1.09. The van der Waals surface area contributed by atoms with Crippen LogP contribution in [0.2, 0.25) is 0 Å². The fraction of sp³-hybridized carbons (Fsp3) is 0.667. The summed E-state index contributed by atoms with van der Waals surface area (Å²) < 4.78 is 9.57. The Balaban J connectivity index is 4.89. The van der Waals surface area contributed by atoms with E-state index in [4.69, 9.17) is 4.74 Å². The number of ketones is 1. The summed E-state index contributed by atoms with van der Waals surface area (Å²) in [6, 6.07) is -0.745. The van der Waals surface area contributed by atoms with Crippen molar-refractivity contribution < 1.29 is 23.9 Å². The molecule has 0 saturated carbocycles. The highest BCUT2D eigenvalue weighted by atomic mass is 16.6. The first-order valence-electron chi connectivity index (χ1n) is 6.90. The van der Waals surface area contributed by atoms with E-state index in [1.165, 1.54) is 7.11 Å². The van der Waals surface area contributed by atoms with Crippen LogP contribution in [0.5, 0.6) is 0 Å². The fourth-order valence-corrected chi connectivity index (χ4v) is 1.49. The monoisotopic (exact) mass is 299 g/mol. The lowest BCUT2D eigenvalue weighted by atomic mass is 9.95. The summed E-state index contributed by atoms with van der Waals surface area (Å²) in [5, 5.41) is 2.55. The van der Waals surface area contributed by atoms with Crippen LogP contribution in [-0.4, -0.2) is 36.6 Å². The first kappa shape index (κ1) is 19.1. The van der Waals surface area contributed by atoms with Crippen LogP contribution in [0.15, 0.2) is 12.2 Å². The molecule has 21 heavy (non-hydrogen) atoms. The summed E-state index contributed by atoms with van der Waals surface area (Å²) in [5.41, 5.74) is -0.644. The van der Waals surface area contributed by atoms with Gasteiger partial charge < -0.3 is 14.8 Å². The lowest BCUT2D eigenvalue weighted by molar-refractivity contribution is -0.135. The van der Waals surface area contributed by atoms with E-state index in [1.807, 2.05) is 13.8 Å². The Bertz CT molecular complexity index is 409. The van der Waals surface area contributed by atoms with Gasteiger partial charge in [0.15, 0.2) is 5.78 Å². The van der Waals surface area contributed by atoms with Gasteiger partial charge in [0.25, 0.3) is 0 Å². The van der Waals surface area contributed by atoms with E-state index in [0.29, 0.717) is 6.42 Å². The fourth-order valence-electron chi connectivity index (χ4n) is 1.49. The normalized spacial score (nSPS) is 14.4. The number of amides is 1. The molecule has 0 spiro atoms. The van der Waals surface area contributed by atoms with Crippen molar-refractivity contribution in [3.05, 3.63) is 12.2 Å². The summed E-state index contributed by atoms with van der Waals surface area (Å²) in [6.07, 6.45) is 2.18. The molecule has 0 bridgehead atoms. The minimum absolute atomic E-state index is 0.0904. The quantitative estimate of drug-likeness (QED) is 0.601. The van der Waals surface area contributed by atoms with E-state index in [9.17, 15) is 14.4 Å². The molecular weight excluding hydrogens is 274 g/mol. The Morgan fingerprint density at radius 1 is 1.19 bits per heavy atom. The minimum Gasteiger partial charge on any atom is -0.466 e. The molecule has 0 aliphatic rings. The molecule has 0 aromatic carbocycles. The van der Waals surface area contributed by atoms with E-state index in [0.717, 1.165) is 12.2 Å². The zero-order chi connectivity index (χ0) is 16.6. The molecule has 6 nitrogen and oxygen atoms in total. The second-order valence-corrected chi connectivity index (χ2v) is 5.77. The largest absolute Gasteiger partial charge is 0.466 e. The maximum Gasteiger partial charge on any atom is 0.408 e.